The van der Waals surface area contributed by atoms with Crippen molar-refractivity contribution in [2.75, 3.05) is 7.11 Å². The standard InChI is InChI=1S/C16H23NO2/c1-11(17)14-5-4-12(18-2)8-15(14)19-13-9-16(10-13)6-3-7-16/h4-5,8,11,13H,3,6-7,9-10,17H2,1-2H3/t11-/m0/s1. The number of nitrogens with two attached hydrogens (primary N) is 1. The van der Waals surface area contributed by atoms with Gasteiger partial charge in [0, 0.05) is 17.7 Å². The Balaban J connectivity index is 1.71. The van der Waals surface area contributed by atoms with Crippen molar-refractivity contribution < 1.29 is 9.47 Å². The van der Waals surface area contributed by atoms with E-state index < -0.39 is 0 Å². The Kier molecular flexibility index (Phi) is 3.17. The number of benzene rings is 1. The van der Waals surface area contributed by atoms with Crippen LogP contribution >= 0.6 is 0 Å². The Morgan fingerprint density at radius 3 is 2.58 bits per heavy atom. The minimum atomic E-state index is -0.0151. The normalized spacial score (nSPS) is 22.5. The molecule has 1 atom stereocenters. The maximum atomic E-state index is 6.16. The van der Waals surface area contributed by atoms with Crippen LogP contribution in [0.25, 0.3) is 0 Å². The zero-order valence-electron chi connectivity index (χ0n) is 11.8. The minimum Gasteiger partial charge on any atom is -0.497 e. The molecule has 0 amide bonds. The van der Waals surface area contributed by atoms with Crippen molar-refractivity contribution in [2.24, 2.45) is 11.1 Å². The summed E-state index contributed by atoms with van der Waals surface area (Å²) < 4.78 is 11.4. The Bertz CT molecular complexity index is 458. The molecule has 2 fully saturated rings. The maximum Gasteiger partial charge on any atom is 0.128 e. The second-order valence-electron chi connectivity index (χ2n) is 6.19. The molecule has 3 rings (SSSR count). The van der Waals surface area contributed by atoms with E-state index in [0.29, 0.717) is 11.5 Å². The summed E-state index contributed by atoms with van der Waals surface area (Å²) in [6.07, 6.45) is 6.98. The zero-order chi connectivity index (χ0) is 13.5. The third-order valence-corrected chi connectivity index (χ3v) is 4.74. The Morgan fingerprint density at radius 1 is 1.32 bits per heavy atom. The number of rotatable bonds is 4. The molecule has 2 N–H and O–H groups in total. The molecule has 0 radical (unpaired) electrons. The lowest BCUT2D eigenvalue weighted by Gasteiger charge is -2.53. The van der Waals surface area contributed by atoms with E-state index in [2.05, 4.69) is 0 Å². The topological polar surface area (TPSA) is 44.5 Å². The van der Waals surface area contributed by atoms with E-state index >= 15 is 0 Å². The van der Waals surface area contributed by atoms with E-state index in [1.54, 1.807) is 7.11 Å². The lowest BCUT2D eigenvalue weighted by Crippen LogP contribution is -2.48. The van der Waals surface area contributed by atoms with Crippen LogP contribution in [-0.2, 0) is 0 Å². The molecular weight excluding hydrogens is 238 g/mol. The van der Waals surface area contributed by atoms with E-state index in [-0.39, 0.29) is 6.04 Å². The predicted octanol–water partition coefficient (Wildman–Crippen LogP) is 3.43. The summed E-state index contributed by atoms with van der Waals surface area (Å²) in [4.78, 5) is 0. The number of methoxy groups -OCH3 is 1. The average Bonchev–Trinajstić information content (AvgIpc) is 2.30. The molecule has 104 valence electrons. The molecular formula is C16H23NO2. The largest absolute Gasteiger partial charge is 0.497 e. The van der Waals surface area contributed by atoms with Gasteiger partial charge in [-0.1, -0.05) is 12.5 Å². The lowest BCUT2D eigenvalue weighted by molar-refractivity contribution is -0.0685. The molecule has 3 nitrogen and oxygen atoms in total. The van der Waals surface area contributed by atoms with Gasteiger partial charge in [-0.3, -0.25) is 0 Å². The van der Waals surface area contributed by atoms with Gasteiger partial charge in [0.05, 0.1) is 13.2 Å². The molecule has 0 aromatic heterocycles. The number of hydrogen-bond donors (Lipinski definition) is 1. The average molecular weight is 261 g/mol. The minimum absolute atomic E-state index is 0.0151. The van der Waals surface area contributed by atoms with Gasteiger partial charge in [-0.15, -0.1) is 0 Å². The second kappa shape index (κ2) is 4.71. The first kappa shape index (κ1) is 12.8. The highest BCUT2D eigenvalue weighted by atomic mass is 16.5. The van der Waals surface area contributed by atoms with E-state index in [4.69, 9.17) is 15.2 Å². The number of hydrogen-bond acceptors (Lipinski definition) is 3. The zero-order valence-corrected chi connectivity index (χ0v) is 11.8. The summed E-state index contributed by atoms with van der Waals surface area (Å²) >= 11 is 0. The van der Waals surface area contributed by atoms with Crippen LogP contribution in [0.4, 0.5) is 0 Å². The molecule has 1 aromatic carbocycles. The van der Waals surface area contributed by atoms with Crippen LogP contribution in [0.1, 0.15) is 50.6 Å². The first-order valence-electron chi connectivity index (χ1n) is 7.22. The summed E-state index contributed by atoms with van der Waals surface area (Å²) in [5, 5.41) is 0. The molecule has 1 aromatic rings. The van der Waals surface area contributed by atoms with Crippen LogP contribution in [0.15, 0.2) is 18.2 Å². The van der Waals surface area contributed by atoms with Crippen molar-refractivity contribution in [1.82, 2.24) is 0 Å². The summed E-state index contributed by atoms with van der Waals surface area (Å²) in [6.45, 7) is 1.99. The molecule has 0 heterocycles. The van der Waals surface area contributed by atoms with E-state index in [1.165, 1.54) is 32.1 Å². The van der Waals surface area contributed by atoms with Crippen LogP contribution in [0.3, 0.4) is 0 Å². The summed E-state index contributed by atoms with van der Waals surface area (Å²) in [5.74, 6) is 1.73. The van der Waals surface area contributed by atoms with Crippen molar-refractivity contribution >= 4 is 0 Å². The highest BCUT2D eigenvalue weighted by Gasteiger charge is 2.49. The van der Waals surface area contributed by atoms with Crippen LogP contribution in [0.5, 0.6) is 11.5 Å². The molecule has 0 unspecified atom stereocenters. The molecule has 3 heteroatoms. The fourth-order valence-corrected chi connectivity index (χ4v) is 3.37. The van der Waals surface area contributed by atoms with E-state index in [0.717, 1.165) is 17.1 Å². The molecule has 0 bridgehead atoms. The van der Waals surface area contributed by atoms with Gasteiger partial charge in [0.2, 0.25) is 0 Å². The summed E-state index contributed by atoms with van der Waals surface area (Å²) in [6, 6.07) is 5.90. The van der Waals surface area contributed by atoms with Crippen molar-refractivity contribution in [1.29, 1.82) is 0 Å². The van der Waals surface area contributed by atoms with Crippen LogP contribution in [0.2, 0.25) is 0 Å². The lowest BCUT2D eigenvalue weighted by atomic mass is 9.55. The highest BCUT2D eigenvalue weighted by Crippen LogP contribution is 2.56. The summed E-state index contributed by atoms with van der Waals surface area (Å²) in [5.41, 5.74) is 7.71. The van der Waals surface area contributed by atoms with Crippen molar-refractivity contribution in [3.8, 4) is 11.5 Å². The molecule has 0 saturated heterocycles. The first-order valence-corrected chi connectivity index (χ1v) is 7.22. The Labute approximate surface area is 115 Å². The molecule has 2 aliphatic carbocycles. The van der Waals surface area contributed by atoms with Gasteiger partial charge < -0.3 is 15.2 Å². The van der Waals surface area contributed by atoms with Crippen LogP contribution in [-0.4, -0.2) is 13.2 Å². The van der Waals surface area contributed by atoms with Crippen molar-refractivity contribution in [3.63, 3.8) is 0 Å². The SMILES string of the molecule is COc1ccc([C@H](C)N)c(OC2CC3(CCC3)C2)c1. The van der Waals surface area contributed by atoms with Gasteiger partial charge in [0.1, 0.15) is 11.5 Å². The fraction of sp³-hybridized carbons (Fsp3) is 0.625. The number of ether oxygens (including phenoxy) is 2. The molecule has 2 saturated carbocycles. The van der Waals surface area contributed by atoms with Crippen LogP contribution < -0.4 is 15.2 Å². The van der Waals surface area contributed by atoms with E-state index in [1.807, 2.05) is 25.1 Å². The van der Waals surface area contributed by atoms with Gasteiger partial charge in [0.25, 0.3) is 0 Å². The van der Waals surface area contributed by atoms with Gasteiger partial charge in [0.15, 0.2) is 0 Å². The third-order valence-electron chi connectivity index (χ3n) is 4.74. The van der Waals surface area contributed by atoms with Gasteiger partial charge in [-0.05, 0) is 44.1 Å². The Morgan fingerprint density at radius 2 is 2.05 bits per heavy atom. The van der Waals surface area contributed by atoms with Gasteiger partial charge in [-0.2, -0.15) is 0 Å². The van der Waals surface area contributed by atoms with Crippen LogP contribution in [0, 0.1) is 5.41 Å². The fourth-order valence-electron chi connectivity index (χ4n) is 3.37. The Hall–Kier alpha value is -1.22. The molecule has 0 aliphatic heterocycles. The van der Waals surface area contributed by atoms with E-state index in [9.17, 15) is 0 Å². The van der Waals surface area contributed by atoms with Gasteiger partial charge >= 0.3 is 0 Å². The first-order chi connectivity index (χ1) is 9.12. The maximum absolute atomic E-state index is 6.16. The predicted molar refractivity (Wildman–Crippen MR) is 75.5 cm³/mol. The molecule has 19 heavy (non-hydrogen) atoms. The quantitative estimate of drug-likeness (QED) is 0.903. The highest BCUT2D eigenvalue weighted by molar-refractivity contribution is 5.42. The van der Waals surface area contributed by atoms with Crippen molar-refractivity contribution in [3.05, 3.63) is 23.8 Å². The second-order valence-corrected chi connectivity index (χ2v) is 6.19. The third kappa shape index (κ3) is 2.32. The van der Waals surface area contributed by atoms with Gasteiger partial charge in [-0.25, -0.2) is 0 Å². The molecule has 2 aliphatic rings. The molecule has 1 spiro atoms. The monoisotopic (exact) mass is 261 g/mol. The summed E-state index contributed by atoms with van der Waals surface area (Å²) in [7, 11) is 1.68. The van der Waals surface area contributed by atoms with Crippen molar-refractivity contribution in [2.45, 2.75) is 51.2 Å². The smallest absolute Gasteiger partial charge is 0.128 e.